The number of rotatable bonds is 3. The third-order valence-electron chi connectivity index (χ3n) is 3.93. The summed E-state index contributed by atoms with van der Waals surface area (Å²) in [5.41, 5.74) is 1.15. The molecular weight excluding hydrogens is 328 g/mol. The second-order valence-corrected chi connectivity index (χ2v) is 7.41. The van der Waals surface area contributed by atoms with Crippen LogP contribution in [0.15, 0.2) is 47.6 Å². The van der Waals surface area contributed by atoms with E-state index in [1.165, 1.54) is 12.4 Å². The van der Waals surface area contributed by atoms with Gasteiger partial charge >= 0.3 is 0 Å². The molecule has 0 bridgehead atoms. The second kappa shape index (κ2) is 6.84. The predicted octanol–water partition coefficient (Wildman–Crippen LogP) is 1.48. The molecule has 0 spiro atoms. The molecule has 2 unspecified atom stereocenters. The molecule has 8 heteroatoms. The molecule has 2 heterocycles. The molecule has 2 N–H and O–H groups in total. The van der Waals surface area contributed by atoms with Crippen LogP contribution in [0.3, 0.4) is 0 Å². The molecular formula is C16H20N4O3S. The van der Waals surface area contributed by atoms with Gasteiger partial charge in [-0.2, -0.15) is 0 Å². The van der Waals surface area contributed by atoms with Crippen LogP contribution in [0.5, 0.6) is 0 Å². The molecule has 2 aromatic rings. The minimum Gasteiger partial charge on any atom is -0.369 e. The molecule has 1 aromatic carbocycles. The molecule has 1 aromatic heterocycles. The van der Waals surface area contributed by atoms with Gasteiger partial charge in [0.1, 0.15) is 4.90 Å². The van der Waals surface area contributed by atoms with Crippen molar-refractivity contribution in [2.45, 2.75) is 30.4 Å². The van der Waals surface area contributed by atoms with E-state index in [2.05, 4.69) is 22.1 Å². The molecule has 0 aliphatic carbocycles. The van der Waals surface area contributed by atoms with Crippen LogP contribution in [0.2, 0.25) is 0 Å². The first-order valence-corrected chi connectivity index (χ1v) is 9.28. The van der Waals surface area contributed by atoms with Gasteiger partial charge in [-0.25, -0.2) is 23.5 Å². The molecule has 24 heavy (non-hydrogen) atoms. The third-order valence-corrected chi connectivity index (χ3v) is 4.80. The van der Waals surface area contributed by atoms with Crippen molar-refractivity contribution in [1.29, 1.82) is 0 Å². The van der Waals surface area contributed by atoms with Crippen LogP contribution >= 0.6 is 0 Å². The molecule has 1 fully saturated rings. The Labute approximate surface area is 141 Å². The zero-order valence-electron chi connectivity index (χ0n) is 13.4. The molecule has 1 saturated heterocycles. The molecule has 3 rings (SSSR count). The van der Waals surface area contributed by atoms with Crippen LogP contribution in [-0.4, -0.2) is 37.6 Å². The lowest BCUT2D eigenvalue weighted by atomic mass is 10.1. The van der Waals surface area contributed by atoms with Crippen LogP contribution in [0, 0.1) is 0 Å². The first-order chi connectivity index (χ1) is 11.4. The summed E-state index contributed by atoms with van der Waals surface area (Å²) >= 11 is 0. The number of sulfonamides is 1. The summed E-state index contributed by atoms with van der Waals surface area (Å²) in [4.78, 5) is 10.2. The molecule has 128 valence electrons. The van der Waals surface area contributed by atoms with E-state index in [1.54, 1.807) is 0 Å². The largest absolute Gasteiger partial charge is 0.369 e. The minimum atomic E-state index is -3.78. The Morgan fingerprint density at radius 1 is 1.21 bits per heavy atom. The normalized spacial score (nSPS) is 22.2. The Balaban J connectivity index is 1.76. The zero-order valence-corrected chi connectivity index (χ0v) is 14.2. The Bertz CT molecular complexity index is 781. The Hall–Kier alpha value is -2.03. The fourth-order valence-electron chi connectivity index (χ4n) is 2.78. The van der Waals surface area contributed by atoms with Gasteiger partial charge in [0.25, 0.3) is 0 Å². The maximum absolute atomic E-state index is 11.3. The number of hydrogen-bond donors (Lipinski definition) is 1. The van der Waals surface area contributed by atoms with Crippen LogP contribution in [0.4, 0.5) is 5.95 Å². The predicted molar refractivity (Wildman–Crippen MR) is 90.0 cm³/mol. The first-order valence-electron chi connectivity index (χ1n) is 7.73. The smallest absolute Gasteiger partial charge is 0.241 e. The van der Waals surface area contributed by atoms with Crippen LogP contribution in [0.1, 0.15) is 25.0 Å². The van der Waals surface area contributed by atoms with E-state index < -0.39 is 10.0 Å². The van der Waals surface area contributed by atoms with E-state index in [9.17, 15) is 8.42 Å². The van der Waals surface area contributed by atoms with Gasteiger partial charge in [0.2, 0.25) is 16.0 Å². The van der Waals surface area contributed by atoms with E-state index in [-0.39, 0.29) is 17.1 Å². The lowest BCUT2D eigenvalue weighted by molar-refractivity contribution is 0.00856. The summed E-state index contributed by atoms with van der Waals surface area (Å²) in [5, 5.41) is 5.07. The molecule has 1 aliphatic rings. The van der Waals surface area contributed by atoms with Gasteiger partial charge in [-0.05, 0) is 18.9 Å². The number of primary sulfonamides is 1. The SMILES string of the molecule is CC1CN(c2ncc(S(N)(=O)=O)cn2)CCC(c2ccccc2)O1. The van der Waals surface area contributed by atoms with Gasteiger partial charge in [-0.1, -0.05) is 30.3 Å². The van der Waals surface area contributed by atoms with Crippen molar-refractivity contribution in [3.05, 3.63) is 48.3 Å². The number of benzene rings is 1. The minimum absolute atomic E-state index is 0.000719. The highest BCUT2D eigenvalue weighted by atomic mass is 32.2. The Kier molecular flexibility index (Phi) is 4.79. The van der Waals surface area contributed by atoms with Gasteiger partial charge in [0, 0.05) is 13.1 Å². The zero-order chi connectivity index (χ0) is 17.2. The number of nitrogens with zero attached hydrogens (tertiary/aromatic N) is 3. The van der Waals surface area contributed by atoms with Crippen molar-refractivity contribution in [1.82, 2.24) is 9.97 Å². The molecule has 1 aliphatic heterocycles. The van der Waals surface area contributed by atoms with Gasteiger partial charge in [0.15, 0.2) is 0 Å². The van der Waals surface area contributed by atoms with E-state index in [1.807, 2.05) is 30.0 Å². The highest BCUT2D eigenvalue weighted by Crippen LogP contribution is 2.27. The summed E-state index contributed by atoms with van der Waals surface area (Å²) in [6.45, 7) is 3.36. The van der Waals surface area contributed by atoms with E-state index in [0.717, 1.165) is 18.5 Å². The number of hydrogen-bond acceptors (Lipinski definition) is 6. The van der Waals surface area contributed by atoms with Gasteiger partial charge < -0.3 is 9.64 Å². The highest BCUT2D eigenvalue weighted by Gasteiger charge is 2.25. The first kappa shape index (κ1) is 16.8. The van der Waals surface area contributed by atoms with Gasteiger partial charge in [-0.3, -0.25) is 0 Å². The lowest BCUT2D eigenvalue weighted by Gasteiger charge is -2.21. The van der Waals surface area contributed by atoms with Crippen molar-refractivity contribution in [2.75, 3.05) is 18.0 Å². The second-order valence-electron chi connectivity index (χ2n) is 5.84. The topological polar surface area (TPSA) is 98.4 Å². The molecule has 0 amide bonds. The van der Waals surface area contributed by atoms with Crippen molar-refractivity contribution in [3.63, 3.8) is 0 Å². The average Bonchev–Trinajstić information content (AvgIpc) is 2.77. The number of aromatic nitrogens is 2. The van der Waals surface area contributed by atoms with Crippen molar-refractivity contribution >= 4 is 16.0 Å². The summed E-state index contributed by atoms with van der Waals surface area (Å²) < 4.78 is 28.7. The molecule has 7 nitrogen and oxygen atoms in total. The highest BCUT2D eigenvalue weighted by molar-refractivity contribution is 7.89. The van der Waals surface area contributed by atoms with Crippen molar-refractivity contribution in [3.8, 4) is 0 Å². The average molecular weight is 348 g/mol. The van der Waals surface area contributed by atoms with E-state index >= 15 is 0 Å². The van der Waals surface area contributed by atoms with Crippen molar-refractivity contribution < 1.29 is 13.2 Å². The molecule has 0 radical (unpaired) electrons. The Morgan fingerprint density at radius 2 is 1.88 bits per heavy atom. The van der Waals surface area contributed by atoms with Crippen LogP contribution in [0.25, 0.3) is 0 Å². The van der Waals surface area contributed by atoms with Gasteiger partial charge in [-0.15, -0.1) is 0 Å². The van der Waals surface area contributed by atoms with Crippen LogP contribution < -0.4 is 10.0 Å². The third kappa shape index (κ3) is 3.89. The summed E-state index contributed by atoms with van der Waals surface area (Å²) in [6, 6.07) is 10.1. The standard InChI is InChI=1S/C16H20N4O3S/c1-12-11-20(16-18-9-14(10-19-16)24(17,21)22)8-7-15(23-12)13-5-3-2-4-6-13/h2-6,9-10,12,15H,7-8,11H2,1H3,(H2,17,21,22). The summed E-state index contributed by atoms with van der Waals surface area (Å²) in [7, 11) is -3.78. The van der Waals surface area contributed by atoms with E-state index in [4.69, 9.17) is 9.88 Å². The lowest BCUT2D eigenvalue weighted by Crippen LogP contribution is -2.31. The number of ether oxygens (including phenoxy) is 1. The summed E-state index contributed by atoms with van der Waals surface area (Å²) in [6.07, 6.45) is 3.30. The van der Waals surface area contributed by atoms with Gasteiger partial charge in [0.05, 0.1) is 24.6 Å². The maximum Gasteiger partial charge on any atom is 0.241 e. The number of nitrogens with two attached hydrogens (primary N) is 1. The fourth-order valence-corrected chi connectivity index (χ4v) is 3.18. The van der Waals surface area contributed by atoms with Crippen molar-refractivity contribution in [2.24, 2.45) is 5.14 Å². The molecule has 2 atom stereocenters. The van der Waals surface area contributed by atoms with E-state index in [0.29, 0.717) is 12.5 Å². The fraction of sp³-hybridized carbons (Fsp3) is 0.375. The maximum atomic E-state index is 11.3. The monoisotopic (exact) mass is 348 g/mol. The Morgan fingerprint density at radius 3 is 2.50 bits per heavy atom. The van der Waals surface area contributed by atoms with Crippen LogP contribution in [-0.2, 0) is 14.8 Å². The summed E-state index contributed by atoms with van der Waals surface area (Å²) in [5.74, 6) is 0.478. The number of anilines is 1. The molecule has 0 saturated carbocycles. The quantitative estimate of drug-likeness (QED) is 0.902.